The van der Waals surface area contributed by atoms with Crippen molar-refractivity contribution in [2.45, 2.75) is 32.9 Å². The number of benzene rings is 1. The summed E-state index contributed by atoms with van der Waals surface area (Å²) in [7, 11) is 0. The highest BCUT2D eigenvalue weighted by molar-refractivity contribution is 7.07. The van der Waals surface area contributed by atoms with Crippen molar-refractivity contribution in [2.75, 3.05) is 5.32 Å². The number of nitrogens with zero attached hydrogens (tertiary/aromatic N) is 1. The molecular weight excluding hydrogens is 358 g/mol. The van der Waals surface area contributed by atoms with Crippen molar-refractivity contribution in [2.24, 2.45) is 5.73 Å². The molecule has 0 saturated carbocycles. The van der Waals surface area contributed by atoms with E-state index in [1.54, 1.807) is 12.3 Å². The van der Waals surface area contributed by atoms with Crippen molar-refractivity contribution < 1.29 is 19.1 Å². The van der Waals surface area contributed by atoms with Gasteiger partial charge in [0, 0.05) is 28.9 Å². The lowest BCUT2D eigenvalue weighted by Gasteiger charge is -2.14. The molecule has 0 bridgehead atoms. The van der Waals surface area contributed by atoms with E-state index in [2.05, 4.69) is 5.32 Å². The predicted octanol–water partition coefficient (Wildman–Crippen LogP) is 1.28. The number of hydrogen-bond acceptors (Lipinski definition) is 6. The van der Waals surface area contributed by atoms with E-state index in [0.29, 0.717) is 11.3 Å². The van der Waals surface area contributed by atoms with Gasteiger partial charge in [0.1, 0.15) is 0 Å². The van der Waals surface area contributed by atoms with E-state index in [1.165, 1.54) is 35.8 Å². The number of nitrogens with one attached hydrogen (secondary N) is 1. The minimum absolute atomic E-state index is 0.0115. The average Bonchev–Trinajstić information content (AvgIpc) is 2.91. The molecule has 2 aromatic rings. The number of anilines is 1. The lowest BCUT2D eigenvalue weighted by molar-refractivity contribution is -0.153. The van der Waals surface area contributed by atoms with Gasteiger partial charge in [0.25, 0.3) is 5.91 Å². The third kappa shape index (κ3) is 5.03. The lowest BCUT2D eigenvalue weighted by Crippen LogP contribution is -2.30. The van der Waals surface area contributed by atoms with Crippen LogP contribution in [0.3, 0.4) is 0 Å². The number of carbonyl (C=O) groups excluding carboxylic acids is 3. The van der Waals surface area contributed by atoms with E-state index in [4.69, 9.17) is 10.5 Å². The van der Waals surface area contributed by atoms with Crippen LogP contribution < -0.4 is 15.9 Å². The molecular formula is C17H19N3O5S. The van der Waals surface area contributed by atoms with E-state index < -0.39 is 23.9 Å². The summed E-state index contributed by atoms with van der Waals surface area (Å²) in [6.07, 6.45) is -1.01. The van der Waals surface area contributed by atoms with Gasteiger partial charge in [-0.05, 0) is 38.1 Å². The van der Waals surface area contributed by atoms with Gasteiger partial charge in [0.15, 0.2) is 6.10 Å². The molecule has 0 fully saturated rings. The fourth-order valence-corrected chi connectivity index (χ4v) is 2.91. The molecule has 2 amide bonds. The van der Waals surface area contributed by atoms with Crippen molar-refractivity contribution in [3.05, 3.63) is 50.6 Å². The molecule has 138 valence electrons. The first-order valence-corrected chi connectivity index (χ1v) is 8.71. The maximum Gasteiger partial charge on any atom is 0.308 e. The molecule has 8 nitrogen and oxygen atoms in total. The normalized spacial score (nSPS) is 11.6. The van der Waals surface area contributed by atoms with Crippen LogP contribution in [-0.2, 0) is 20.9 Å². The first kappa shape index (κ1) is 19.4. The van der Waals surface area contributed by atoms with Crippen LogP contribution in [0.1, 0.15) is 29.4 Å². The molecule has 0 aliphatic rings. The molecule has 1 aromatic heterocycles. The third-order valence-corrected chi connectivity index (χ3v) is 4.51. The van der Waals surface area contributed by atoms with E-state index in [1.807, 2.05) is 0 Å². The van der Waals surface area contributed by atoms with Gasteiger partial charge in [-0.3, -0.25) is 19.2 Å². The second-order valence-electron chi connectivity index (χ2n) is 5.61. The SMILES string of the molecule is Cc1csc(=O)n1CCC(=O)OC(C)C(=O)Nc1ccc(C(N)=O)cc1. The Labute approximate surface area is 153 Å². The maximum absolute atomic E-state index is 12.1. The molecule has 0 radical (unpaired) electrons. The van der Waals surface area contributed by atoms with Crippen LogP contribution in [0.15, 0.2) is 34.4 Å². The monoisotopic (exact) mass is 377 g/mol. The van der Waals surface area contributed by atoms with Gasteiger partial charge in [-0.15, -0.1) is 0 Å². The number of aromatic nitrogens is 1. The van der Waals surface area contributed by atoms with Gasteiger partial charge < -0.3 is 20.4 Å². The number of nitrogens with two attached hydrogens (primary N) is 1. The Bertz CT molecular complexity index is 869. The molecule has 1 unspecified atom stereocenters. The van der Waals surface area contributed by atoms with Crippen molar-refractivity contribution in [1.82, 2.24) is 4.57 Å². The molecule has 1 aromatic carbocycles. The minimum Gasteiger partial charge on any atom is -0.452 e. The summed E-state index contributed by atoms with van der Waals surface area (Å²) < 4.78 is 6.57. The Morgan fingerprint density at radius 1 is 1.27 bits per heavy atom. The quantitative estimate of drug-likeness (QED) is 0.704. The van der Waals surface area contributed by atoms with E-state index in [9.17, 15) is 19.2 Å². The van der Waals surface area contributed by atoms with Gasteiger partial charge >= 0.3 is 10.8 Å². The van der Waals surface area contributed by atoms with Crippen LogP contribution in [-0.4, -0.2) is 28.5 Å². The third-order valence-electron chi connectivity index (χ3n) is 3.63. The van der Waals surface area contributed by atoms with Crippen LogP contribution in [0.4, 0.5) is 5.69 Å². The summed E-state index contributed by atoms with van der Waals surface area (Å²) >= 11 is 1.07. The Balaban J connectivity index is 1.85. The minimum atomic E-state index is -1.00. The molecule has 1 heterocycles. The number of amides is 2. The standard InChI is InChI=1S/C17H19N3O5S/c1-10-9-26-17(24)20(10)8-7-14(21)25-11(2)16(23)19-13-5-3-12(4-6-13)15(18)22/h3-6,9,11H,7-8H2,1-2H3,(H2,18,22)(H,19,23). The highest BCUT2D eigenvalue weighted by atomic mass is 32.1. The Hall–Kier alpha value is -2.94. The van der Waals surface area contributed by atoms with Crippen molar-refractivity contribution in [3.8, 4) is 0 Å². The lowest BCUT2D eigenvalue weighted by atomic mass is 10.2. The van der Waals surface area contributed by atoms with Gasteiger partial charge in [0.05, 0.1) is 6.42 Å². The number of primary amides is 1. The first-order chi connectivity index (χ1) is 12.3. The van der Waals surface area contributed by atoms with E-state index in [-0.39, 0.29) is 17.8 Å². The summed E-state index contributed by atoms with van der Waals surface area (Å²) in [5.41, 5.74) is 6.69. The zero-order chi connectivity index (χ0) is 19.3. The topological polar surface area (TPSA) is 120 Å². The van der Waals surface area contributed by atoms with Crippen molar-refractivity contribution in [3.63, 3.8) is 0 Å². The van der Waals surface area contributed by atoms with Crippen LogP contribution >= 0.6 is 11.3 Å². The Morgan fingerprint density at radius 2 is 1.92 bits per heavy atom. The number of carbonyl (C=O) groups is 3. The van der Waals surface area contributed by atoms with Crippen molar-refractivity contribution in [1.29, 1.82) is 0 Å². The molecule has 3 N–H and O–H groups in total. The summed E-state index contributed by atoms with van der Waals surface area (Å²) in [5.74, 6) is -1.64. The summed E-state index contributed by atoms with van der Waals surface area (Å²) in [4.78, 5) is 46.4. The molecule has 0 aliphatic heterocycles. The Kier molecular flexibility index (Phi) is 6.29. The number of rotatable bonds is 7. The van der Waals surface area contributed by atoms with E-state index >= 15 is 0 Å². The molecule has 0 saturated heterocycles. The van der Waals surface area contributed by atoms with Crippen LogP contribution in [0.25, 0.3) is 0 Å². The number of thiazole rings is 1. The summed E-state index contributed by atoms with van der Waals surface area (Å²) in [6, 6.07) is 6.02. The second-order valence-corrected chi connectivity index (χ2v) is 6.43. The smallest absolute Gasteiger partial charge is 0.308 e. The largest absolute Gasteiger partial charge is 0.452 e. The number of aryl methyl sites for hydroxylation is 1. The molecule has 9 heteroatoms. The fraction of sp³-hybridized carbons (Fsp3) is 0.294. The molecule has 0 spiro atoms. The van der Waals surface area contributed by atoms with Crippen LogP contribution in [0.2, 0.25) is 0 Å². The molecule has 1 atom stereocenters. The van der Waals surface area contributed by atoms with Gasteiger partial charge in [0.2, 0.25) is 5.91 Å². The average molecular weight is 377 g/mol. The number of ether oxygens (including phenoxy) is 1. The second kappa shape index (κ2) is 8.43. The maximum atomic E-state index is 12.1. The fourth-order valence-electron chi connectivity index (χ4n) is 2.15. The van der Waals surface area contributed by atoms with Gasteiger partial charge in [-0.1, -0.05) is 11.3 Å². The number of hydrogen-bond donors (Lipinski definition) is 2. The highest BCUT2D eigenvalue weighted by Gasteiger charge is 2.18. The zero-order valence-corrected chi connectivity index (χ0v) is 15.2. The van der Waals surface area contributed by atoms with E-state index in [0.717, 1.165) is 17.0 Å². The van der Waals surface area contributed by atoms with Gasteiger partial charge in [-0.2, -0.15) is 0 Å². The summed E-state index contributed by atoms with van der Waals surface area (Å²) in [6.45, 7) is 3.44. The summed E-state index contributed by atoms with van der Waals surface area (Å²) in [5, 5.41) is 4.29. The van der Waals surface area contributed by atoms with Crippen molar-refractivity contribution >= 4 is 34.8 Å². The molecule has 0 aliphatic carbocycles. The predicted molar refractivity (Wildman–Crippen MR) is 97.1 cm³/mol. The zero-order valence-electron chi connectivity index (χ0n) is 14.4. The van der Waals surface area contributed by atoms with Gasteiger partial charge in [-0.25, -0.2) is 0 Å². The molecule has 26 heavy (non-hydrogen) atoms. The Morgan fingerprint density at radius 3 is 2.46 bits per heavy atom. The van der Waals surface area contributed by atoms with Crippen LogP contribution in [0, 0.1) is 6.92 Å². The van der Waals surface area contributed by atoms with Crippen LogP contribution in [0.5, 0.6) is 0 Å². The molecule has 2 rings (SSSR count). The number of esters is 1. The first-order valence-electron chi connectivity index (χ1n) is 7.83. The highest BCUT2D eigenvalue weighted by Crippen LogP contribution is 2.10.